The van der Waals surface area contributed by atoms with E-state index in [0.717, 1.165) is 37.3 Å². The predicted molar refractivity (Wildman–Crippen MR) is 89.2 cm³/mol. The highest BCUT2D eigenvalue weighted by Crippen LogP contribution is 2.33. The molecule has 0 radical (unpaired) electrons. The van der Waals surface area contributed by atoms with E-state index in [0.29, 0.717) is 22.9 Å². The van der Waals surface area contributed by atoms with Crippen molar-refractivity contribution in [3.8, 4) is 11.6 Å². The second-order valence-corrected chi connectivity index (χ2v) is 5.77. The number of nitrogens with zero attached hydrogens (tertiary/aromatic N) is 5. The van der Waals surface area contributed by atoms with Crippen LogP contribution in [0.4, 0.5) is 11.4 Å². The number of anilines is 2. The topological polar surface area (TPSA) is 84.3 Å². The molecule has 7 nitrogen and oxygen atoms in total. The molecule has 0 spiro atoms. The Morgan fingerprint density at radius 1 is 1.09 bits per heavy atom. The zero-order valence-electron chi connectivity index (χ0n) is 12.9. The lowest BCUT2D eigenvalue weighted by Gasteiger charge is -2.33. The number of fused-ring (bicyclic) bond motifs is 1. The quantitative estimate of drug-likeness (QED) is 0.770. The van der Waals surface area contributed by atoms with Crippen molar-refractivity contribution >= 4 is 22.3 Å². The monoisotopic (exact) mass is 310 g/mol. The number of likely N-dealkylation sites (N-methyl/N-ethyl adjacent to an activating group) is 1. The minimum absolute atomic E-state index is 0.497. The second-order valence-electron chi connectivity index (χ2n) is 5.77. The molecule has 1 fully saturated rings. The van der Waals surface area contributed by atoms with Crippen LogP contribution in [0.2, 0.25) is 0 Å². The van der Waals surface area contributed by atoms with Crippen molar-refractivity contribution in [2.75, 3.05) is 43.9 Å². The van der Waals surface area contributed by atoms with Gasteiger partial charge >= 0.3 is 0 Å². The SMILES string of the molecule is CN1CCN(c2cnc(-c3oc4cnccc4c3N)nc2)CC1. The Hall–Kier alpha value is -2.67. The van der Waals surface area contributed by atoms with Crippen LogP contribution in [-0.2, 0) is 0 Å². The molecule has 0 aliphatic carbocycles. The Kier molecular flexibility index (Phi) is 3.34. The van der Waals surface area contributed by atoms with Crippen molar-refractivity contribution < 1.29 is 4.42 Å². The van der Waals surface area contributed by atoms with Crippen LogP contribution >= 0.6 is 0 Å². The lowest BCUT2D eigenvalue weighted by atomic mass is 10.2. The van der Waals surface area contributed by atoms with Gasteiger partial charge in [0.1, 0.15) is 0 Å². The number of hydrogen-bond donors (Lipinski definition) is 1. The van der Waals surface area contributed by atoms with E-state index in [2.05, 4.69) is 31.8 Å². The van der Waals surface area contributed by atoms with Gasteiger partial charge in [-0.15, -0.1) is 0 Å². The fourth-order valence-electron chi connectivity index (χ4n) is 2.80. The number of piperazine rings is 1. The first-order valence-corrected chi connectivity index (χ1v) is 7.60. The molecule has 0 aromatic carbocycles. The van der Waals surface area contributed by atoms with Crippen LogP contribution < -0.4 is 10.6 Å². The summed E-state index contributed by atoms with van der Waals surface area (Å²) in [7, 11) is 2.14. The van der Waals surface area contributed by atoms with Gasteiger partial charge < -0.3 is 20.0 Å². The normalized spacial score (nSPS) is 16.1. The zero-order valence-corrected chi connectivity index (χ0v) is 12.9. The van der Waals surface area contributed by atoms with Crippen molar-refractivity contribution in [3.63, 3.8) is 0 Å². The van der Waals surface area contributed by atoms with Crippen LogP contribution in [0, 0.1) is 0 Å². The van der Waals surface area contributed by atoms with Crippen LogP contribution in [0.25, 0.3) is 22.6 Å². The molecule has 0 unspecified atom stereocenters. The van der Waals surface area contributed by atoms with Crippen LogP contribution in [0.15, 0.2) is 35.3 Å². The maximum Gasteiger partial charge on any atom is 0.197 e. The second kappa shape index (κ2) is 5.51. The predicted octanol–water partition coefficient (Wildman–Crippen LogP) is 1.62. The molecular formula is C16H18N6O. The highest BCUT2D eigenvalue weighted by atomic mass is 16.3. The lowest BCUT2D eigenvalue weighted by Crippen LogP contribution is -2.44. The Labute approximate surface area is 133 Å². The molecule has 2 N–H and O–H groups in total. The molecular weight excluding hydrogens is 292 g/mol. The smallest absolute Gasteiger partial charge is 0.197 e. The maximum atomic E-state index is 6.15. The Bertz CT molecular complexity index is 820. The summed E-state index contributed by atoms with van der Waals surface area (Å²) in [5, 5.41) is 0.835. The third-order valence-electron chi connectivity index (χ3n) is 4.24. The maximum absolute atomic E-state index is 6.15. The van der Waals surface area contributed by atoms with E-state index in [9.17, 15) is 0 Å². The molecule has 1 saturated heterocycles. The van der Waals surface area contributed by atoms with Gasteiger partial charge in [0.05, 0.1) is 30.0 Å². The van der Waals surface area contributed by atoms with E-state index in [1.165, 1.54) is 0 Å². The van der Waals surface area contributed by atoms with Gasteiger partial charge in [-0.1, -0.05) is 0 Å². The van der Waals surface area contributed by atoms with Gasteiger partial charge in [-0.25, -0.2) is 9.97 Å². The van der Waals surface area contributed by atoms with E-state index >= 15 is 0 Å². The largest absolute Gasteiger partial charge is 0.449 e. The Balaban J connectivity index is 1.63. The van der Waals surface area contributed by atoms with E-state index in [1.54, 1.807) is 12.4 Å². The summed E-state index contributed by atoms with van der Waals surface area (Å²) >= 11 is 0. The van der Waals surface area contributed by atoms with Crippen LogP contribution in [0.5, 0.6) is 0 Å². The van der Waals surface area contributed by atoms with Gasteiger partial charge in [0.25, 0.3) is 0 Å². The molecule has 0 saturated carbocycles. The summed E-state index contributed by atoms with van der Waals surface area (Å²) in [5.74, 6) is 0.995. The summed E-state index contributed by atoms with van der Waals surface area (Å²) < 4.78 is 5.75. The summed E-state index contributed by atoms with van der Waals surface area (Å²) in [6, 6.07) is 1.83. The fourth-order valence-corrected chi connectivity index (χ4v) is 2.80. The Morgan fingerprint density at radius 3 is 2.52 bits per heavy atom. The van der Waals surface area contributed by atoms with Crippen molar-refractivity contribution in [1.29, 1.82) is 0 Å². The van der Waals surface area contributed by atoms with Crippen LogP contribution in [0.1, 0.15) is 0 Å². The van der Waals surface area contributed by atoms with Crippen LogP contribution in [0.3, 0.4) is 0 Å². The molecule has 4 heterocycles. The number of rotatable bonds is 2. The van der Waals surface area contributed by atoms with Crippen molar-refractivity contribution in [3.05, 3.63) is 30.9 Å². The van der Waals surface area contributed by atoms with Gasteiger partial charge in [-0.2, -0.15) is 0 Å². The molecule has 4 rings (SSSR count). The first kappa shape index (κ1) is 14.0. The first-order chi connectivity index (χ1) is 11.2. The third kappa shape index (κ3) is 2.49. The summed E-state index contributed by atoms with van der Waals surface area (Å²) in [6.07, 6.45) is 7.00. The average Bonchev–Trinajstić information content (AvgIpc) is 2.93. The molecule has 1 aliphatic heterocycles. The van der Waals surface area contributed by atoms with Crippen molar-refractivity contribution in [1.82, 2.24) is 19.9 Å². The van der Waals surface area contributed by atoms with Crippen molar-refractivity contribution in [2.45, 2.75) is 0 Å². The first-order valence-electron chi connectivity index (χ1n) is 7.60. The summed E-state index contributed by atoms with van der Waals surface area (Å²) in [5.41, 5.74) is 8.37. The minimum atomic E-state index is 0.497. The van der Waals surface area contributed by atoms with E-state index < -0.39 is 0 Å². The highest BCUT2D eigenvalue weighted by molar-refractivity contribution is 5.95. The molecule has 1 aliphatic rings. The highest BCUT2D eigenvalue weighted by Gasteiger charge is 2.18. The van der Waals surface area contributed by atoms with E-state index in [-0.39, 0.29) is 0 Å². The molecule has 3 aromatic heterocycles. The van der Waals surface area contributed by atoms with Gasteiger partial charge in [-0.05, 0) is 13.1 Å². The number of pyridine rings is 1. The van der Waals surface area contributed by atoms with E-state index in [1.807, 2.05) is 18.5 Å². The molecule has 0 atom stereocenters. The van der Waals surface area contributed by atoms with Crippen molar-refractivity contribution in [2.24, 2.45) is 0 Å². The van der Waals surface area contributed by atoms with Gasteiger partial charge in [0.2, 0.25) is 0 Å². The van der Waals surface area contributed by atoms with Gasteiger partial charge in [0, 0.05) is 37.8 Å². The zero-order chi connectivity index (χ0) is 15.8. The van der Waals surface area contributed by atoms with Gasteiger partial charge in [0.15, 0.2) is 17.2 Å². The van der Waals surface area contributed by atoms with Gasteiger partial charge in [-0.3, -0.25) is 4.98 Å². The number of nitrogen functional groups attached to an aromatic ring is 1. The number of aromatic nitrogens is 3. The summed E-state index contributed by atoms with van der Waals surface area (Å²) in [6.45, 7) is 4.06. The number of hydrogen-bond acceptors (Lipinski definition) is 7. The summed E-state index contributed by atoms with van der Waals surface area (Å²) in [4.78, 5) is 17.5. The fraction of sp³-hybridized carbons (Fsp3) is 0.312. The van der Waals surface area contributed by atoms with E-state index in [4.69, 9.17) is 10.2 Å². The standard InChI is InChI=1S/C16H18N6O/c1-21-4-6-22(7-5-21)11-8-19-16(20-9-11)15-14(17)12-2-3-18-10-13(12)23-15/h2-3,8-10H,4-7,17H2,1H3. The Morgan fingerprint density at radius 2 is 1.83 bits per heavy atom. The molecule has 118 valence electrons. The van der Waals surface area contributed by atoms with Crippen LogP contribution in [-0.4, -0.2) is 53.1 Å². The molecule has 3 aromatic rings. The average molecular weight is 310 g/mol. The molecule has 0 bridgehead atoms. The third-order valence-corrected chi connectivity index (χ3v) is 4.24. The number of furan rings is 1. The number of nitrogens with two attached hydrogens (primary N) is 1. The molecule has 0 amide bonds. The molecule has 23 heavy (non-hydrogen) atoms. The minimum Gasteiger partial charge on any atom is -0.449 e. The molecule has 7 heteroatoms. The lowest BCUT2D eigenvalue weighted by molar-refractivity contribution is 0.312.